The molecule has 2 aliphatic carbocycles. The molecule has 0 bridgehead atoms. The van der Waals surface area contributed by atoms with E-state index in [1.54, 1.807) is 0 Å². The van der Waals surface area contributed by atoms with Gasteiger partial charge in [0.1, 0.15) is 0 Å². The highest BCUT2D eigenvalue weighted by molar-refractivity contribution is 4.69. The van der Waals surface area contributed by atoms with E-state index in [-0.39, 0.29) is 0 Å². The lowest BCUT2D eigenvalue weighted by Crippen LogP contribution is -1.93. The van der Waals surface area contributed by atoms with E-state index in [1.165, 1.54) is 64.2 Å². The lowest BCUT2D eigenvalue weighted by atomic mass is 10.0. The van der Waals surface area contributed by atoms with Crippen LogP contribution in [0.4, 0.5) is 0 Å². The van der Waals surface area contributed by atoms with Gasteiger partial charge in [-0.1, -0.05) is 114 Å². The van der Waals surface area contributed by atoms with Gasteiger partial charge in [-0.25, -0.2) is 0 Å². The smallest absolute Gasteiger partial charge is 0.0466 e. The Balaban J connectivity index is 0. The summed E-state index contributed by atoms with van der Waals surface area (Å²) < 4.78 is 4.94. The number of ether oxygens (including phenoxy) is 1. The molecule has 0 amide bonds. The van der Waals surface area contributed by atoms with E-state index < -0.39 is 0 Å². The van der Waals surface area contributed by atoms with Crippen LogP contribution in [-0.2, 0) is 4.74 Å². The summed E-state index contributed by atoms with van der Waals surface area (Å²) in [5.41, 5.74) is 1.00. The number of hydrogen-bond acceptors (Lipinski definition) is 1. The molecule has 1 aliphatic heterocycles. The van der Waals surface area contributed by atoms with Gasteiger partial charge in [0.25, 0.3) is 0 Å². The molecule has 25 heavy (non-hydrogen) atoms. The summed E-state index contributed by atoms with van der Waals surface area (Å²) in [6.07, 6.45) is 14.5. The van der Waals surface area contributed by atoms with Crippen molar-refractivity contribution in [3.05, 3.63) is 0 Å². The van der Waals surface area contributed by atoms with E-state index in [4.69, 9.17) is 4.74 Å². The van der Waals surface area contributed by atoms with Gasteiger partial charge in [0.2, 0.25) is 0 Å². The van der Waals surface area contributed by atoms with E-state index in [0.29, 0.717) is 10.8 Å². The molecular weight excluding hydrogens is 304 g/mol. The second kappa shape index (κ2) is 16.2. The van der Waals surface area contributed by atoms with Crippen molar-refractivity contribution >= 4 is 0 Å². The van der Waals surface area contributed by atoms with Crippen LogP contribution in [0, 0.1) is 16.7 Å². The monoisotopic (exact) mass is 356 g/mol. The highest BCUT2D eigenvalue weighted by atomic mass is 16.5. The molecule has 3 aliphatic rings. The van der Waals surface area contributed by atoms with Gasteiger partial charge in [-0.15, -0.1) is 0 Å². The Labute approximate surface area is 161 Å². The van der Waals surface area contributed by atoms with Gasteiger partial charge in [0.15, 0.2) is 0 Å². The molecule has 1 heteroatoms. The summed E-state index contributed by atoms with van der Waals surface area (Å²) in [5.74, 6) is 1.13. The van der Waals surface area contributed by atoms with Gasteiger partial charge >= 0.3 is 0 Å². The molecule has 3 rings (SSSR count). The summed E-state index contributed by atoms with van der Waals surface area (Å²) in [7, 11) is 0. The molecule has 0 unspecified atom stereocenters. The lowest BCUT2D eigenvalue weighted by Gasteiger charge is -2.05. The Morgan fingerprint density at radius 3 is 0.960 bits per heavy atom. The van der Waals surface area contributed by atoms with Crippen LogP contribution in [0.3, 0.4) is 0 Å². The van der Waals surface area contributed by atoms with Crippen molar-refractivity contribution in [3.63, 3.8) is 0 Å². The Bertz CT molecular complexity index is 195. The van der Waals surface area contributed by atoms with Crippen LogP contribution in [0.2, 0.25) is 0 Å². The van der Waals surface area contributed by atoms with Crippen LogP contribution in [0.5, 0.6) is 0 Å². The quantitative estimate of drug-likeness (QED) is 0.456. The molecule has 154 valence electrons. The van der Waals surface area contributed by atoms with Crippen molar-refractivity contribution in [2.45, 2.75) is 127 Å². The van der Waals surface area contributed by atoms with E-state index in [2.05, 4.69) is 62.3 Å². The standard InChI is InChI=1S/2C5H10.2C5H12.C4H8O/c1-2-5-3-4-5;1-2-4-5-3-1;2*1-5(2,3)4;1-2-4-5-3-1/h5H,2-4H2,1H3;1-5H2;2*1-4H3;1-4H2. The fourth-order valence-electron chi connectivity index (χ4n) is 1.92. The van der Waals surface area contributed by atoms with Crippen molar-refractivity contribution in [1.29, 1.82) is 0 Å². The molecule has 0 N–H and O–H groups in total. The van der Waals surface area contributed by atoms with Crippen LogP contribution in [0.15, 0.2) is 0 Å². The van der Waals surface area contributed by atoms with Crippen LogP contribution >= 0.6 is 0 Å². The summed E-state index contributed by atoms with van der Waals surface area (Å²) in [6, 6.07) is 0. The van der Waals surface area contributed by atoms with Crippen LogP contribution in [0.1, 0.15) is 127 Å². The minimum Gasteiger partial charge on any atom is -0.381 e. The molecule has 1 heterocycles. The van der Waals surface area contributed by atoms with Crippen LogP contribution in [-0.4, -0.2) is 13.2 Å². The maximum absolute atomic E-state index is 4.94. The first kappa shape index (κ1) is 27.2. The third-order valence-corrected chi connectivity index (χ3v) is 3.35. The van der Waals surface area contributed by atoms with Crippen molar-refractivity contribution in [3.8, 4) is 0 Å². The van der Waals surface area contributed by atoms with Gasteiger partial charge in [-0.3, -0.25) is 0 Å². The van der Waals surface area contributed by atoms with Crippen molar-refractivity contribution in [2.75, 3.05) is 13.2 Å². The van der Waals surface area contributed by atoms with Crippen molar-refractivity contribution < 1.29 is 4.74 Å². The Hall–Kier alpha value is -0.0400. The fraction of sp³-hybridized carbons (Fsp3) is 1.00. The Morgan fingerprint density at radius 1 is 0.600 bits per heavy atom. The zero-order chi connectivity index (χ0) is 19.8. The zero-order valence-electron chi connectivity index (χ0n) is 19.5. The first-order chi connectivity index (χ1) is 11.4. The summed E-state index contributed by atoms with van der Waals surface area (Å²) >= 11 is 0. The molecule has 0 radical (unpaired) electrons. The number of hydrogen-bond donors (Lipinski definition) is 0. The highest BCUT2D eigenvalue weighted by Crippen LogP contribution is 2.31. The van der Waals surface area contributed by atoms with Crippen molar-refractivity contribution in [1.82, 2.24) is 0 Å². The third-order valence-electron chi connectivity index (χ3n) is 3.35. The second-order valence-corrected chi connectivity index (χ2v) is 10.9. The molecular formula is C24H52O. The molecule has 1 saturated heterocycles. The minimum absolute atomic E-state index is 0.500. The van der Waals surface area contributed by atoms with Gasteiger partial charge in [0, 0.05) is 13.2 Å². The average molecular weight is 357 g/mol. The highest BCUT2D eigenvalue weighted by Gasteiger charge is 2.17. The zero-order valence-corrected chi connectivity index (χ0v) is 19.5. The molecule has 1 nitrogen and oxygen atoms in total. The van der Waals surface area contributed by atoms with Gasteiger partial charge in [-0.05, 0) is 29.6 Å². The molecule has 2 saturated carbocycles. The third kappa shape index (κ3) is 51.6. The molecule has 0 atom stereocenters. The fourth-order valence-corrected chi connectivity index (χ4v) is 1.92. The van der Waals surface area contributed by atoms with E-state index in [0.717, 1.165) is 19.1 Å². The summed E-state index contributed by atoms with van der Waals surface area (Å²) in [6.45, 7) is 21.8. The van der Waals surface area contributed by atoms with Crippen molar-refractivity contribution in [2.24, 2.45) is 16.7 Å². The van der Waals surface area contributed by atoms with E-state index in [9.17, 15) is 0 Å². The van der Waals surface area contributed by atoms with Crippen LogP contribution < -0.4 is 0 Å². The molecule has 0 aromatic rings. The first-order valence-corrected chi connectivity index (χ1v) is 11.0. The normalized spacial score (nSPS) is 19.1. The first-order valence-electron chi connectivity index (χ1n) is 11.0. The second-order valence-electron chi connectivity index (χ2n) is 10.9. The van der Waals surface area contributed by atoms with Gasteiger partial charge in [-0.2, -0.15) is 0 Å². The predicted octanol–water partition coefficient (Wildman–Crippen LogP) is 8.66. The maximum Gasteiger partial charge on any atom is 0.0466 e. The molecule has 3 fully saturated rings. The summed E-state index contributed by atoms with van der Waals surface area (Å²) in [4.78, 5) is 0. The summed E-state index contributed by atoms with van der Waals surface area (Å²) in [5, 5.41) is 0. The Morgan fingerprint density at radius 2 is 0.880 bits per heavy atom. The van der Waals surface area contributed by atoms with E-state index in [1.807, 2.05) is 0 Å². The van der Waals surface area contributed by atoms with Crippen LogP contribution in [0.25, 0.3) is 0 Å². The Kier molecular flexibility index (Phi) is 17.6. The van der Waals surface area contributed by atoms with Gasteiger partial charge in [0.05, 0.1) is 0 Å². The lowest BCUT2D eigenvalue weighted by molar-refractivity contribution is 0.198. The molecule has 0 aromatic heterocycles. The molecule has 0 aromatic carbocycles. The van der Waals surface area contributed by atoms with Gasteiger partial charge < -0.3 is 4.74 Å². The molecule has 0 spiro atoms. The topological polar surface area (TPSA) is 9.23 Å². The largest absolute Gasteiger partial charge is 0.381 e. The SMILES string of the molecule is C1CCCC1.C1CCOC1.CC(C)(C)C.CC(C)(C)C.CCC1CC1. The average Bonchev–Trinajstić information content (AvgIpc) is 2.94. The van der Waals surface area contributed by atoms with E-state index >= 15 is 0 Å². The number of rotatable bonds is 1. The maximum atomic E-state index is 4.94. The minimum atomic E-state index is 0.500. The predicted molar refractivity (Wildman–Crippen MR) is 116 cm³/mol.